The summed E-state index contributed by atoms with van der Waals surface area (Å²) in [5.41, 5.74) is 0.317. The van der Waals surface area contributed by atoms with Crippen LogP contribution in [0, 0.1) is 17.8 Å². The first-order valence-electron chi connectivity index (χ1n) is 10.8. The average molecular weight is 498 g/mol. The SMILES string of the molecule is CNCCNC(=O)c1cccc(OCC(OCCOCC(=O)NCC#CC(C)C)SSC)c1. The molecule has 33 heavy (non-hydrogen) atoms. The van der Waals surface area contributed by atoms with Crippen LogP contribution in [0.5, 0.6) is 5.75 Å². The molecule has 0 fully saturated rings. The number of amides is 2. The van der Waals surface area contributed by atoms with Crippen LogP contribution in [0.25, 0.3) is 0 Å². The van der Waals surface area contributed by atoms with Gasteiger partial charge in [0, 0.05) is 24.6 Å². The lowest BCUT2D eigenvalue weighted by atomic mass is 10.2. The molecule has 0 heterocycles. The van der Waals surface area contributed by atoms with Gasteiger partial charge in [-0.25, -0.2) is 0 Å². The molecule has 0 aliphatic carbocycles. The van der Waals surface area contributed by atoms with Crippen molar-refractivity contribution in [3.05, 3.63) is 29.8 Å². The minimum Gasteiger partial charge on any atom is -0.490 e. The molecule has 0 aliphatic rings. The van der Waals surface area contributed by atoms with Crippen LogP contribution in [0.4, 0.5) is 0 Å². The third-order valence-corrected chi connectivity index (χ3v) is 5.78. The fraction of sp³-hybridized carbons (Fsp3) is 0.565. The average Bonchev–Trinajstić information content (AvgIpc) is 2.80. The molecule has 2 amide bonds. The van der Waals surface area contributed by atoms with Crippen molar-refractivity contribution in [2.75, 3.05) is 59.4 Å². The molecule has 184 valence electrons. The molecule has 0 saturated carbocycles. The second-order valence-electron chi connectivity index (χ2n) is 7.07. The first-order chi connectivity index (χ1) is 16.0. The quantitative estimate of drug-likeness (QED) is 0.138. The van der Waals surface area contributed by atoms with E-state index in [4.69, 9.17) is 14.2 Å². The number of carbonyl (C=O) groups is 2. The largest absolute Gasteiger partial charge is 0.490 e. The first kappa shape index (κ1) is 29.1. The second kappa shape index (κ2) is 18.5. The van der Waals surface area contributed by atoms with Crippen molar-refractivity contribution in [1.29, 1.82) is 0 Å². The van der Waals surface area contributed by atoms with Crippen molar-refractivity contribution in [3.8, 4) is 17.6 Å². The van der Waals surface area contributed by atoms with Gasteiger partial charge in [0.15, 0.2) is 0 Å². The summed E-state index contributed by atoms with van der Waals surface area (Å²) in [5.74, 6) is 6.40. The number of likely N-dealkylation sites (N-methyl/N-ethyl adjacent to an activating group) is 1. The van der Waals surface area contributed by atoms with Crippen molar-refractivity contribution < 1.29 is 23.8 Å². The fourth-order valence-corrected chi connectivity index (χ4v) is 3.83. The minimum absolute atomic E-state index is 0.0350. The standard InChI is InChI=1S/C23H35N3O5S2/c1-18(2)7-6-10-25-21(27)16-29-13-14-30-22(33-32-4)17-31-20-9-5-8-19(15-20)23(28)26-12-11-24-3/h5,8-9,15,18,22,24H,10-14,16-17H2,1-4H3,(H,25,27)(H,26,28). The predicted molar refractivity (Wildman–Crippen MR) is 135 cm³/mol. The Labute approximate surface area is 205 Å². The third kappa shape index (κ3) is 14.8. The normalized spacial score (nSPS) is 11.4. The molecule has 1 aromatic carbocycles. The zero-order valence-electron chi connectivity index (χ0n) is 19.8. The summed E-state index contributed by atoms with van der Waals surface area (Å²) >= 11 is 0. The molecule has 1 unspecified atom stereocenters. The van der Waals surface area contributed by atoms with Gasteiger partial charge in [-0.15, -0.1) is 0 Å². The third-order valence-electron chi connectivity index (χ3n) is 3.88. The zero-order chi connectivity index (χ0) is 24.3. The van der Waals surface area contributed by atoms with E-state index in [1.54, 1.807) is 35.1 Å². The lowest BCUT2D eigenvalue weighted by Crippen LogP contribution is -2.30. The van der Waals surface area contributed by atoms with E-state index in [2.05, 4.69) is 27.8 Å². The van der Waals surface area contributed by atoms with E-state index in [0.717, 1.165) is 0 Å². The Hall–Kier alpha value is -1.90. The molecule has 1 atom stereocenters. The van der Waals surface area contributed by atoms with Gasteiger partial charge in [-0.05, 0) is 31.5 Å². The van der Waals surface area contributed by atoms with Crippen molar-refractivity contribution in [2.45, 2.75) is 19.3 Å². The lowest BCUT2D eigenvalue weighted by molar-refractivity contribution is -0.126. The summed E-state index contributed by atoms with van der Waals surface area (Å²) in [4.78, 5) is 23.9. The van der Waals surface area contributed by atoms with Crippen LogP contribution >= 0.6 is 21.6 Å². The lowest BCUT2D eigenvalue weighted by Gasteiger charge is -2.17. The molecule has 0 radical (unpaired) electrons. The molecule has 1 rings (SSSR count). The van der Waals surface area contributed by atoms with E-state index in [1.165, 1.54) is 10.8 Å². The Kier molecular flexibility index (Phi) is 16.3. The van der Waals surface area contributed by atoms with E-state index in [1.807, 2.05) is 27.2 Å². The molecule has 0 spiro atoms. The fourth-order valence-electron chi connectivity index (χ4n) is 2.36. The van der Waals surface area contributed by atoms with Gasteiger partial charge in [0.05, 0.1) is 19.8 Å². The summed E-state index contributed by atoms with van der Waals surface area (Å²) in [5, 5.41) is 8.51. The molecule has 0 saturated heterocycles. The smallest absolute Gasteiger partial charge is 0.251 e. The van der Waals surface area contributed by atoms with E-state index < -0.39 is 0 Å². The highest BCUT2D eigenvalue weighted by Crippen LogP contribution is 2.25. The maximum absolute atomic E-state index is 12.2. The summed E-state index contributed by atoms with van der Waals surface area (Å²) in [6.45, 7) is 6.46. The number of nitrogens with one attached hydrogen (secondary N) is 3. The Balaban J connectivity index is 2.33. The van der Waals surface area contributed by atoms with E-state index in [9.17, 15) is 9.59 Å². The Morgan fingerprint density at radius 3 is 2.70 bits per heavy atom. The van der Waals surface area contributed by atoms with Crippen LogP contribution in [0.1, 0.15) is 24.2 Å². The zero-order valence-corrected chi connectivity index (χ0v) is 21.4. The first-order valence-corrected chi connectivity index (χ1v) is 13.4. The van der Waals surface area contributed by atoms with Crippen molar-refractivity contribution in [1.82, 2.24) is 16.0 Å². The van der Waals surface area contributed by atoms with Crippen LogP contribution in [0.2, 0.25) is 0 Å². The maximum Gasteiger partial charge on any atom is 0.251 e. The van der Waals surface area contributed by atoms with E-state index in [0.29, 0.717) is 50.8 Å². The van der Waals surface area contributed by atoms with Crippen molar-refractivity contribution >= 4 is 33.4 Å². The van der Waals surface area contributed by atoms with Crippen LogP contribution in [0.15, 0.2) is 24.3 Å². The Morgan fingerprint density at radius 2 is 1.97 bits per heavy atom. The monoisotopic (exact) mass is 497 g/mol. The van der Waals surface area contributed by atoms with E-state index >= 15 is 0 Å². The number of rotatable bonds is 16. The Bertz CT molecular complexity index is 768. The predicted octanol–water partition coefficient (Wildman–Crippen LogP) is 2.16. The van der Waals surface area contributed by atoms with Gasteiger partial charge < -0.3 is 30.2 Å². The van der Waals surface area contributed by atoms with Gasteiger partial charge in [0.2, 0.25) is 5.91 Å². The molecule has 0 aliphatic heterocycles. The highest BCUT2D eigenvalue weighted by Gasteiger charge is 2.12. The number of ether oxygens (including phenoxy) is 3. The van der Waals surface area contributed by atoms with Gasteiger partial charge in [0.1, 0.15) is 24.4 Å². The molecular weight excluding hydrogens is 462 g/mol. The van der Waals surface area contributed by atoms with Crippen LogP contribution in [-0.4, -0.2) is 76.6 Å². The van der Waals surface area contributed by atoms with Crippen LogP contribution in [0.3, 0.4) is 0 Å². The van der Waals surface area contributed by atoms with Crippen LogP contribution in [-0.2, 0) is 14.3 Å². The highest BCUT2D eigenvalue weighted by molar-refractivity contribution is 8.76. The van der Waals surface area contributed by atoms with Gasteiger partial charge in [-0.1, -0.05) is 53.3 Å². The van der Waals surface area contributed by atoms with Gasteiger partial charge >= 0.3 is 0 Å². The molecule has 10 heteroatoms. The second-order valence-corrected chi connectivity index (χ2v) is 9.70. The van der Waals surface area contributed by atoms with Crippen molar-refractivity contribution in [3.63, 3.8) is 0 Å². The van der Waals surface area contributed by atoms with Crippen LogP contribution < -0.4 is 20.7 Å². The number of carbonyl (C=O) groups excluding carboxylic acids is 2. The minimum atomic E-state index is -0.225. The van der Waals surface area contributed by atoms with Crippen molar-refractivity contribution in [2.24, 2.45) is 5.92 Å². The topological polar surface area (TPSA) is 97.9 Å². The molecule has 3 N–H and O–H groups in total. The molecule has 8 nitrogen and oxygen atoms in total. The summed E-state index contributed by atoms with van der Waals surface area (Å²) < 4.78 is 17.0. The Morgan fingerprint density at radius 1 is 1.15 bits per heavy atom. The molecule has 0 aromatic heterocycles. The molecule has 1 aromatic rings. The number of benzene rings is 1. The highest BCUT2D eigenvalue weighted by atomic mass is 33.1. The van der Waals surface area contributed by atoms with Gasteiger partial charge in [0.25, 0.3) is 5.91 Å². The summed E-state index contributed by atoms with van der Waals surface area (Å²) in [6.07, 6.45) is 1.96. The van der Waals surface area contributed by atoms with E-state index in [-0.39, 0.29) is 29.8 Å². The maximum atomic E-state index is 12.2. The summed E-state index contributed by atoms with van der Waals surface area (Å²) in [7, 11) is 4.94. The molecule has 0 bridgehead atoms. The number of hydrogen-bond donors (Lipinski definition) is 3. The molecular formula is C23H35N3O5S2. The summed E-state index contributed by atoms with van der Waals surface area (Å²) in [6, 6.07) is 7.05. The van der Waals surface area contributed by atoms with Gasteiger partial charge in [-0.2, -0.15) is 0 Å². The number of hydrogen-bond acceptors (Lipinski definition) is 8. The van der Waals surface area contributed by atoms with Gasteiger partial charge in [-0.3, -0.25) is 9.59 Å².